The molecular weight excluding hydrogens is 394 g/mol. The van der Waals surface area contributed by atoms with Crippen LogP contribution >= 0.6 is 0 Å². The van der Waals surface area contributed by atoms with Gasteiger partial charge in [-0.05, 0) is 64.6 Å². The number of amides is 1. The Morgan fingerprint density at radius 3 is 2.16 bits per heavy atom. The second-order valence-electron chi connectivity index (χ2n) is 9.72. The lowest BCUT2D eigenvalue weighted by Crippen LogP contribution is -2.25. The van der Waals surface area contributed by atoms with E-state index >= 15 is 0 Å². The Morgan fingerprint density at radius 2 is 1.56 bits per heavy atom. The summed E-state index contributed by atoms with van der Waals surface area (Å²) in [7, 11) is 1.60. The molecule has 3 aromatic carbocycles. The van der Waals surface area contributed by atoms with Crippen molar-refractivity contribution in [3.8, 4) is 16.9 Å². The molecule has 0 bridgehead atoms. The molecule has 168 valence electrons. The number of hydrogen-bond acceptors (Lipinski definition) is 2. The van der Waals surface area contributed by atoms with Gasteiger partial charge in [-0.2, -0.15) is 0 Å². The highest BCUT2D eigenvalue weighted by Crippen LogP contribution is 2.31. The summed E-state index contributed by atoms with van der Waals surface area (Å²) in [5.41, 5.74) is 5.99. The SMILES string of the molecule is COc1cccc(C(=O)NCCc2ccc(-c3ccc(C(C)CC(C)(C)C)cc3)cc2)c1. The molecule has 3 nitrogen and oxygen atoms in total. The molecule has 3 aromatic rings. The Bertz CT molecular complexity index is 1010. The van der Waals surface area contributed by atoms with Crippen LogP contribution in [0.3, 0.4) is 0 Å². The van der Waals surface area contributed by atoms with Crippen LogP contribution in [0.5, 0.6) is 5.75 Å². The molecule has 0 fully saturated rings. The smallest absolute Gasteiger partial charge is 0.251 e. The maximum atomic E-state index is 12.3. The molecule has 1 unspecified atom stereocenters. The summed E-state index contributed by atoms with van der Waals surface area (Å²) >= 11 is 0. The van der Waals surface area contributed by atoms with Gasteiger partial charge >= 0.3 is 0 Å². The van der Waals surface area contributed by atoms with Crippen LogP contribution < -0.4 is 10.1 Å². The Labute approximate surface area is 192 Å². The quantitative estimate of drug-likeness (QED) is 0.424. The van der Waals surface area contributed by atoms with Crippen LogP contribution in [0.1, 0.15) is 61.5 Å². The van der Waals surface area contributed by atoms with Gasteiger partial charge in [-0.25, -0.2) is 0 Å². The summed E-state index contributed by atoms with van der Waals surface area (Å²) in [6, 6.07) is 24.8. The molecule has 1 atom stereocenters. The van der Waals surface area contributed by atoms with Crippen LogP contribution in [0, 0.1) is 5.41 Å². The maximum Gasteiger partial charge on any atom is 0.251 e. The van der Waals surface area contributed by atoms with E-state index in [-0.39, 0.29) is 5.91 Å². The van der Waals surface area contributed by atoms with Gasteiger partial charge in [-0.15, -0.1) is 0 Å². The highest BCUT2D eigenvalue weighted by Gasteiger charge is 2.16. The number of hydrogen-bond donors (Lipinski definition) is 1. The number of carbonyl (C=O) groups excluding carboxylic acids is 1. The average Bonchev–Trinajstić information content (AvgIpc) is 2.78. The van der Waals surface area contributed by atoms with E-state index in [0.717, 1.165) is 6.42 Å². The van der Waals surface area contributed by atoms with Crippen molar-refractivity contribution in [2.45, 2.75) is 46.5 Å². The first-order valence-electron chi connectivity index (χ1n) is 11.4. The molecule has 0 heterocycles. The predicted octanol–water partition coefficient (Wildman–Crippen LogP) is 6.87. The zero-order chi connectivity index (χ0) is 23.1. The number of ether oxygens (including phenoxy) is 1. The molecule has 0 aliphatic rings. The van der Waals surface area contributed by atoms with Gasteiger partial charge in [0, 0.05) is 12.1 Å². The van der Waals surface area contributed by atoms with Gasteiger partial charge in [-0.3, -0.25) is 4.79 Å². The van der Waals surface area contributed by atoms with Gasteiger partial charge in [0.25, 0.3) is 5.91 Å². The molecule has 1 amide bonds. The van der Waals surface area contributed by atoms with Gasteiger partial charge < -0.3 is 10.1 Å². The minimum atomic E-state index is -0.0821. The van der Waals surface area contributed by atoms with E-state index in [0.29, 0.717) is 29.2 Å². The van der Waals surface area contributed by atoms with Gasteiger partial charge in [0.2, 0.25) is 0 Å². The fourth-order valence-electron chi connectivity index (χ4n) is 4.09. The molecule has 0 aliphatic carbocycles. The lowest BCUT2D eigenvalue weighted by molar-refractivity contribution is 0.0954. The fraction of sp³-hybridized carbons (Fsp3) is 0.345. The van der Waals surface area contributed by atoms with Crippen molar-refractivity contribution in [2.24, 2.45) is 5.41 Å². The molecule has 0 radical (unpaired) electrons. The molecule has 3 heteroatoms. The van der Waals surface area contributed by atoms with E-state index in [2.05, 4.69) is 81.5 Å². The standard InChI is InChI=1S/C29H35NO2/c1-21(20-29(2,3)4)23-13-15-25(16-14-23)24-11-9-22(10-12-24)17-18-30-28(31)26-7-6-8-27(19-26)32-5/h6-16,19,21H,17-18,20H2,1-5H3,(H,30,31). The second-order valence-corrected chi connectivity index (χ2v) is 9.72. The van der Waals surface area contributed by atoms with Gasteiger partial charge in [-0.1, -0.05) is 82.3 Å². The first kappa shape index (κ1) is 23.6. The van der Waals surface area contributed by atoms with Gasteiger partial charge in [0.1, 0.15) is 5.75 Å². The summed E-state index contributed by atoms with van der Waals surface area (Å²) < 4.78 is 5.18. The number of carbonyl (C=O) groups is 1. The average molecular weight is 430 g/mol. The third kappa shape index (κ3) is 6.71. The van der Waals surface area contributed by atoms with Gasteiger partial charge in [0.05, 0.1) is 7.11 Å². The zero-order valence-corrected chi connectivity index (χ0v) is 19.9. The fourth-order valence-corrected chi connectivity index (χ4v) is 4.09. The minimum Gasteiger partial charge on any atom is -0.497 e. The zero-order valence-electron chi connectivity index (χ0n) is 19.9. The highest BCUT2D eigenvalue weighted by molar-refractivity contribution is 5.94. The van der Waals surface area contributed by atoms with E-state index in [9.17, 15) is 4.79 Å². The number of benzene rings is 3. The molecular formula is C29H35NO2. The molecule has 0 aromatic heterocycles. The Hall–Kier alpha value is -3.07. The van der Waals surface area contributed by atoms with E-state index in [1.807, 2.05) is 12.1 Å². The topological polar surface area (TPSA) is 38.3 Å². The monoisotopic (exact) mass is 429 g/mol. The molecule has 32 heavy (non-hydrogen) atoms. The molecule has 0 saturated heterocycles. The van der Waals surface area contributed by atoms with Crippen LogP contribution in [-0.4, -0.2) is 19.6 Å². The largest absolute Gasteiger partial charge is 0.497 e. The first-order valence-corrected chi connectivity index (χ1v) is 11.4. The van der Waals surface area contributed by atoms with Crippen LogP contribution in [0.25, 0.3) is 11.1 Å². The van der Waals surface area contributed by atoms with Crippen LogP contribution in [0.2, 0.25) is 0 Å². The van der Waals surface area contributed by atoms with E-state index in [4.69, 9.17) is 4.74 Å². The van der Waals surface area contributed by atoms with Gasteiger partial charge in [0.15, 0.2) is 0 Å². The third-order valence-corrected chi connectivity index (χ3v) is 5.72. The Balaban J connectivity index is 1.54. The molecule has 0 spiro atoms. The Kier molecular flexibility index (Phi) is 7.74. The number of rotatable bonds is 8. The van der Waals surface area contributed by atoms with Crippen molar-refractivity contribution in [1.82, 2.24) is 5.32 Å². The lowest BCUT2D eigenvalue weighted by atomic mass is 9.82. The Morgan fingerprint density at radius 1 is 0.938 bits per heavy atom. The number of methoxy groups -OCH3 is 1. The van der Waals surface area contributed by atoms with Crippen molar-refractivity contribution in [3.63, 3.8) is 0 Å². The summed E-state index contributed by atoms with van der Waals surface area (Å²) in [4.78, 5) is 12.3. The molecule has 0 saturated carbocycles. The highest BCUT2D eigenvalue weighted by atomic mass is 16.5. The summed E-state index contributed by atoms with van der Waals surface area (Å²) in [6.07, 6.45) is 1.97. The first-order chi connectivity index (χ1) is 15.2. The van der Waals surface area contributed by atoms with Crippen molar-refractivity contribution in [2.75, 3.05) is 13.7 Å². The van der Waals surface area contributed by atoms with E-state index < -0.39 is 0 Å². The van der Waals surface area contributed by atoms with E-state index in [1.165, 1.54) is 28.7 Å². The van der Waals surface area contributed by atoms with E-state index in [1.54, 1.807) is 19.2 Å². The maximum absolute atomic E-state index is 12.3. The minimum absolute atomic E-state index is 0.0821. The predicted molar refractivity (Wildman–Crippen MR) is 133 cm³/mol. The molecule has 3 rings (SSSR count). The third-order valence-electron chi connectivity index (χ3n) is 5.72. The number of nitrogens with one attached hydrogen (secondary N) is 1. The second kappa shape index (κ2) is 10.5. The van der Waals surface area contributed by atoms with Crippen LogP contribution in [0.15, 0.2) is 72.8 Å². The van der Waals surface area contributed by atoms with Crippen LogP contribution in [-0.2, 0) is 6.42 Å². The van der Waals surface area contributed by atoms with Crippen molar-refractivity contribution in [1.29, 1.82) is 0 Å². The van der Waals surface area contributed by atoms with Crippen molar-refractivity contribution >= 4 is 5.91 Å². The summed E-state index contributed by atoms with van der Waals surface area (Å²) in [6.45, 7) is 9.79. The normalized spacial score (nSPS) is 12.3. The summed E-state index contributed by atoms with van der Waals surface area (Å²) in [5, 5.41) is 2.98. The van der Waals surface area contributed by atoms with Crippen molar-refractivity contribution < 1.29 is 9.53 Å². The lowest BCUT2D eigenvalue weighted by Gasteiger charge is -2.23. The van der Waals surface area contributed by atoms with Crippen LogP contribution in [0.4, 0.5) is 0 Å². The molecule has 0 aliphatic heterocycles. The summed E-state index contributed by atoms with van der Waals surface area (Å²) in [5.74, 6) is 1.16. The van der Waals surface area contributed by atoms with Crippen molar-refractivity contribution in [3.05, 3.63) is 89.5 Å². The molecule has 1 N–H and O–H groups in total.